The average molecular weight is 718 g/mol. The van der Waals surface area contributed by atoms with E-state index in [1.165, 1.54) is 38.6 Å². The molecular formula is C52H35N3O. The van der Waals surface area contributed by atoms with Crippen LogP contribution in [0, 0.1) is 0 Å². The van der Waals surface area contributed by atoms with Crippen molar-refractivity contribution in [3.63, 3.8) is 0 Å². The zero-order valence-corrected chi connectivity index (χ0v) is 31.0. The van der Waals surface area contributed by atoms with Gasteiger partial charge in [0.2, 0.25) is 0 Å². The van der Waals surface area contributed by atoms with Crippen LogP contribution in [0.25, 0.3) is 100 Å². The minimum Gasteiger partial charge on any atom is -0.455 e. The molecule has 0 bridgehead atoms. The smallest absolute Gasteiger partial charge is 0.164 e. The zero-order chi connectivity index (χ0) is 37.4. The van der Waals surface area contributed by atoms with Crippen molar-refractivity contribution in [3.8, 4) is 67.5 Å². The lowest BCUT2D eigenvalue weighted by Gasteiger charge is -2.23. The number of fused-ring (bicyclic) bond motifs is 9. The van der Waals surface area contributed by atoms with Gasteiger partial charge in [-0.3, -0.25) is 0 Å². The number of para-hydroxylation sites is 1. The summed E-state index contributed by atoms with van der Waals surface area (Å²) >= 11 is 0. The number of aromatic nitrogens is 3. The van der Waals surface area contributed by atoms with Crippen LogP contribution in [-0.4, -0.2) is 15.0 Å². The van der Waals surface area contributed by atoms with Gasteiger partial charge in [-0.05, 0) is 80.2 Å². The van der Waals surface area contributed by atoms with Gasteiger partial charge < -0.3 is 4.42 Å². The van der Waals surface area contributed by atoms with Gasteiger partial charge in [-0.2, -0.15) is 0 Å². The van der Waals surface area contributed by atoms with E-state index in [-0.39, 0.29) is 5.41 Å². The Morgan fingerprint density at radius 2 is 0.929 bits per heavy atom. The van der Waals surface area contributed by atoms with Crippen LogP contribution < -0.4 is 0 Å². The quantitative estimate of drug-likeness (QED) is 0.178. The van der Waals surface area contributed by atoms with E-state index in [0.29, 0.717) is 17.5 Å². The van der Waals surface area contributed by atoms with Gasteiger partial charge in [0.25, 0.3) is 0 Å². The predicted octanol–water partition coefficient (Wildman–Crippen LogP) is 13.6. The van der Waals surface area contributed by atoms with E-state index in [9.17, 15) is 0 Å². The standard InChI is InChI=1S/C52H35N3O/c1-52(2)43-25-11-9-24-41(43)46-44(52)31-42(39-27-28-40-38-23-10-12-26-45(38)56-48(40)47(39)46)36-21-13-19-34(29-36)35-20-14-22-37(30-35)51-54-49(32-15-5-3-6-16-32)53-50(55-51)33-17-7-4-8-18-33/h3-31H,1-2H3. The summed E-state index contributed by atoms with van der Waals surface area (Å²) in [5.41, 5.74) is 14.3. The van der Waals surface area contributed by atoms with Crippen molar-refractivity contribution in [1.29, 1.82) is 0 Å². The fraction of sp³-hybridized carbons (Fsp3) is 0.0577. The fourth-order valence-corrected chi connectivity index (χ4v) is 8.73. The Hall–Kier alpha value is -7.17. The minimum absolute atomic E-state index is 0.184. The minimum atomic E-state index is -0.184. The summed E-state index contributed by atoms with van der Waals surface area (Å²) in [4.78, 5) is 14.9. The first-order valence-electron chi connectivity index (χ1n) is 19.1. The van der Waals surface area contributed by atoms with E-state index in [1.807, 2.05) is 66.7 Å². The maximum absolute atomic E-state index is 6.77. The molecule has 0 N–H and O–H groups in total. The Bertz CT molecular complexity index is 3100. The Kier molecular flexibility index (Phi) is 7.17. The molecule has 2 heterocycles. The molecule has 0 unspecified atom stereocenters. The van der Waals surface area contributed by atoms with Crippen molar-refractivity contribution in [2.75, 3.05) is 0 Å². The van der Waals surface area contributed by atoms with Crippen LogP contribution in [0.3, 0.4) is 0 Å². The molecule has 8 aromatic carbocycles. The molecule has 4 heteroatoms. The topological polar surface area (TPSA) is 51.8 Å². The van der Waals surface area contributed by atoms with Crippen molar-refractivity contribution in [2.45, 2.75) is 19.3 Å². The molecule has 1 aliphatic rings. The summed E-state index contributed by atoms with van der Waals surface area (Å²) in [7, 11) is 0. The monoisotopic (exact) mass is 717 g/mol. The molecule has 0 radical (unpaired) electrons. The Balaban J connectivity index is 1.08. The summed E-state index contributed by atoms with van der Waals surface area (Å²) in [6, 6.07) is 61.9. The SMILES string of the molecule is CC1(C)c2ccccc2-c2c1cc(-c1cccc(-c3cccc(-c4nc(-c5ccccc5)nc(-c5ccccc5)n4)c3)c1)c1ccc3c4ccccc4oc3c21. The first-order valence-corrected chi connectivity index (χ1v) is 19.1. The molecule has 0 fully saturated rings. The van der Waals surface area contributed by atoms with E-state index in [1.54, 1.807) is 0 Å². The van der Waals surface area contributed by atoms with Gasteiger partial charge in [0.05, 0.1) is 0 Å². The van der Waals surface area contributed by atoms with Gasteiger partial charge in [-0.25, -0.2) is 15.0 Å². The molecule has 0 spiro atoms. The third kappa shape index (κ3) is 5.03. The lowest BCUT2D eigenvalue weighted by Crippen LogP contribution is -2.15. The van der Waals surface area contributed by atoms with Gasteiger partial charge >= 0.3 is 0 Å². The van der Waals surface area contributed by atoms with Crippen LogP contribution in [0.1, 0.15) is 25.0 Å². The summed E-state index contributed by atoms with van der Waals surface area (Å²) in [5, 5.41) is 4.64. The molecule has 0 saturated carbocycles. The van der Waals surface area contributed by atoms with Crippen molar-refractivity contribution in [1.82, 2.24) is 15.0 Å². The molecule has 11 rings (SSSR count). The highest BCUT2D eigenvalue weighted by Gasteiger charge is 2.38. The number of rotatable bonds is 5. The highest BCUT2D eigenvalue weighted by Crippen LogP contribution is 2.55. The van der Waals surface area contributed by atoms with Crippen LogP contribution in [0.5, 0.6) is 0 Å². The van der Waals surface area contributed by atoms with Crippen LogP contribution in [0.2, 0.25) is 0 Å². The van der Waals surface area contributed by atoms with Crippen LogP contribution in [0.4, 0.5) is 0 Å². The maximum Gasteiger partial charge on any atom is 0.164 e. The van der Waals surface area contributed by atoms with Crippen LogP contribution in [-0.2, 0) is 5.41 Å². The lowest BCUT2D eigenvalue weighted by molar-refractivity contribution is 0.660. The Morgan fingerprint density at radius 1 is 0.393 bits per heavy atom. The molecule has 2 aromatic heterocycles. The molecule has 1 aliphatic carbocycles. The fourth-order valence-electron chi connectivity index (χ4n) is 8.73. The molecule has 0 amide bonds. The van der Waals surface area contributed by atoms with E-state index < -0.39 is 0 Å². The maximum atomic E-state index is 6.77. The summed E-state index contributed by atoms with van der Waals surface area (Å²) < 4.78 is 6.77. The van der Waals surface area contributed by atoms with Gasteiger partial charge in [0.15, 0.2) is 17.5 Å². The molecule has 0 atom stereocenters. The largest absolute Gasteiger partial charge is 0.455 e. The number of benzene rings is 8. The van der Waals surface area contributed by atoms with E-state index in [4.69, 9.17) is 19.4 Å². The molecule has 4 nitrogen and oxygen atoms in total. The summed E-state index contributed by atoms with van der Waals surface area (Å²) in [6.07, 6.45) is 0. The van der Waals surface area contributed by atoms with Gasteiger partial charge in [-0.1, -0.05) is 159 Å². The summed E-state index contributed by atoms with van der Waals surface area (Å²) in [6.45, 7) is 4.70. The molecule has 0 aliphatic heterocycles. The highest BCUT2D eigenvalue weighted by atomic mass is 16.3. The normalized spacial score (nSPS) is 13.0. The third-order valence-corrected chi connectivity index (χ3v) is 11.5. The number of hydrogen-bond donors (Lipinski definition) is 0. The second-order valence-corrected chi connectivity index (χ2v) is 15.2. The van der Waals surface area contributed by atoms with Crippen molar-refractivity contribution in [2.24, 2.45) is 0 Å². The molecule has 10 aromatic rings. The molecule has 264 valence electrons. The average Bonchev–Trinajstić information content (AvgIpc) is 3.76. The first-order chi connectivity index (χ1) is 27.5. The lowest BCUT2D eigenvalue weighted by atomic mass is 9.80. The second kappa shape index (κ2) is 12.4. The van der Waals surface area contributed by atoms with Crippen molar-refractivity contribution >= 4 is 32.7 Å². The van der Waals surface area contributed by atoms with Gasteiger partial charge in [-0.15, -0.1) is 0 Å². The molecule has 56 heavy (non-hydrogen) atoms. The number of hydrogen-bond acceptors (Lipinski definition) is 4. The van der Waals surface area contributed by atoms with Crippen molar-refractivity contribution < 1.29 is 4.42 Å². The number of furan rings is 1. The van der Waals surface area contributed by atoms with Gasteiger partial charge in [0.1, 0.15) is 11.2 Å². The Morgan fingerprint density at radius 3 is 1.64 bits per heavy atom. The van der Waals surface area contributed by atoms with E-state index in [0.717, 1.165) is 55.3 Å². The third-order valence-electron chi connectivity index (χ3n) is 11.5. The zero-order valence-electron chi connectivity index (χ0n) is 31.0. The molecule has 0 saturated heterocycles. The Labute approximate surface area is 324 Å². The summed E-state index contributed by atoms with van der Waals surface area (Å²) in [5.74, 6) is 1.93. The van der Waals surface area contributed by atoms with E-state index >= 15 is 0 Å². The van der Waals surface area contributed by atoms with Crippen LogP contribution in [0.15, 0.2) is 180 Å². The van der Waals surface area contributed by atoms with Crippen molar-refractivity contribution in [3.05, 3.63) is 187 Å². The highest BCUT2D eigenvalue weighted by molar-refractivity contribution is 6.23. The molecular weight excluding hydrogens is 683 g/mol. The number of nitrogens with zero attached hydrogens (tertiary/aromatic N) is 3. The van der Waals surface area contributed by atoms with Gasteiger partial charge in [0, 0.05) is 38.3 Å². The first kappa shape index (κ1) is 32.3. The van der Waals surface area contributed by atoms with Crippen LogP contribution >= 0.6 is 0 Å². The van der Waals surface area contributed by atoms with E-state index in [2.05, 4.69) is 123 Å². The predicted molar refractivity (Wildman–Crippen MR) is 229 cm³/mol. The second-order valence-electron chi connectivity index (χ2n) is 15.2.